The van der Waals surface area contributed by atoms with E-state index in [9.17, 15) is 39.6 Å². The molecular weight excluding hydrogens is 841 g/mol. The second-order valence-electron chi connectivity index (χ2n) is 19.2. The number of phenolic OH excluding ortho intramolecular Hbond substituents is 2. The number of hydrogen-bond acceptors (Lipinski definition) is 15. The van der Waals surface area contributed by atoms with E-state index in [1.807, 2.05) is 0 Å². The second kappa shape index (κ2) is 18.4. The van der Waals surface area contributed by atoms with Crippen LogP contribution < -0.4 is 20.8 Å². The van der Waals surface area contributed by atoms with Crippen molar-refractivity contribution in [2.24, 2.45) is 33.7 Å². The number of aliphatic hydroxyl groups excluding tert-OH is 2. The summed E-state index contributed by atoms with van der Waals surface area (Å²) in [5, 5.41) is 49.9. The lowest BCUT2D eigenvalue weighted by molar-refractivity contribution is -0.160. The lowest BCUT2D eigenvalue weighted by Gasteiger charge is -2.39. The number of esters is 1. The topological polar surface area (TPSA) is 235 Å². The van der Waals surface area contributed by atoms with E-state index in [2.05, 4.69) is 5.32 Å². The number of Topliss-reactive ketones (excluding diaryl/α,β-unsaturated/α-hetero) is 1. The molecule has 4 heterocycles. The van der Waals surface area contributed by atoms with E-state index < -0.39 is 100 Å². The number of nitrogens with zero attached hydrogens (tertiary/aromatic N) is 3. The van der Waals surface area contributed by atoms with E-state index in [0.717, 1.165) is 0 Å². The van der Waals surface area contributed by atoms with Crippen LogP contribution in [0.15, 0.2) is 46.1 Å². The fourth-order valence-corrected chi connectivity index (χ4v) is 9.17. The third-order valence-electron chi connectivity index (χ3n) is 13.2. The largest absolute Gasteiger partial charge is 0.507 e. The molecule has 0 aromatic heterocycles. The Bertz CT molecular complexity index is 2470. The van der Waals surface area contributed by atoms with Crippen molar-refractivity contribution in [1.29, 1.82) is 0 Å². The molecule has 354 valence electrons. The number of anilines is 1. The highest BCUT2D eigenvalue weighted by Gasteiger charge is 2.50. The first kappa shape index (κ1) is 48.9. The number of ketones is 1. The van der Waals surface area contributed by atoms with Crippen molar-refractivity contribution in [3.05, 3.63) is 58.0 Å². The highest BCUT2D eigenvalue weighted by atomic mass is 16.7. The Hall–Kier alpha value is -5.52. The van der Waals surface area contributed by atoms with Gasteiger partial charge in [-0.2, -0.15) is 0 Å². The number of nitrogens with one attached hydrogen (secondary N) is 1. The van der Waals surface area contributed by atoms with E-state index in [1.54, 1.807) is 72.4 Å². The van der Waals surface area contributed by atoms with E-state index in [4.69, 9.17) is 33.7 Å². The highest BCUT2D eigenvalue weighted by Crippen LogP contribution is 2.49. The number of likely N-dealkylation sites (tertiary alicyclic amines) is 1. The molecule has 65 heavy (non-hydrogen) atoms. The van der Waals surface area contributed by atoms with Crippen LogP contribution in [0.3, 0.4) is 0 Å². The van der Waals surface area contributed by atoms with Gasteiger partial charge in [-0.05, 0) is 53.5 Å². The van der Waals surface area contributed by atoms with Crippen LogP contribution in [-0.4, -0.2) is 117 Å². The van der Waals surface area contributed by atoms with E-state index in [0.29, 0.717) is 25.9 Å². The van der Waals surface area contributed by atoms with Crippen molar-refractivity contribution in [1.82, 2.24) is 4.90 Å². The Balaban J connectivity index is 1.54. The van der Waals surface area contributed by atoms with Crippen LogP contribution in [0.1, 0.15) is 98.0 Å². The van der Waals surface area contributed by atoms with E-state index in [-0.39, 0.29) is 56.2 Å². The molecule has 1 spiro atoms. The van der Waals surface area contributed by atoms with E-state index >= 15 is 0 Å². The van der Waals surface area contributed by atoms with Gasteiger partial charge in [0.15, 0.2) is 5.75 Å². The molecule has 4 aliphatic rings. The van der Waals surface area contributed by atoms with Gasteiger partial charge in [0.25, 0.3) is 11.7 Å². The fourth-order valence-electron chi connectivity index (χ4n) is 9.17. The van der Waals surface area contributed by atoms with Gasteiger partial charge in [-0.1, -0.05) is 45.9 Å². The van der Waals surface area contributed by atoms with Gasteiger partial charge in [-0.15, -0.1) is 0 Å². The maximum atomic E-state index is 14.8. The average Bonchev–Trinajstić information content (AvgIpc) is 3.51. The van der Waals surface area contributed by atoms with Gasteiger partial charge < -0.3 is 54.3 Å². The number of aromatic hydroxyl groups is 2. The molecule has 5 N–H and O–H groups in total. The molecule has 0 aliphatic carbocycles. The van der Waals surface area contributed by atoms with Crippen LogP contribution in [0.4, 0.5) is 10.5 Å². The summed E-state index contributed by atoms with van der Waals surface area (Å²) in [5.74, 6) is -7.38. The Kier molecular flexibility index (Phi) is 13.8. The molecule has 2 aromatic carbocycles. The Labute approximate surface area is 378 Å². The quantitative estimate of drug-likeness (QED) is 0.196. The molecule has 1 fully saturated rings. The van der Waals surface area contributed by atoms with Gasteiger partial charge in [-0.3, -0.25) is 24.4 Å². The molecule has 2 amide bonds. The summed E-state index contributed by atoms with van der Waals surface area (Å²) in [5.41, 5.74) is -1.43. The van der Waals surface area contributed by atoms with Gasteiger partial charge in [-0.25, -0.2) is 4.79 Å². The zero-order valence-corrected chi connectivity index (χ0v) is 39.3. The molecule has 4 aliphatic heterocycles. The Morgan fingerprint density at radius 2 is 1.60 bits per heavy atom. The lowest BCUT2D eigenvalue weighted by Crippen LogP contribution is -2.52. The van der Waals surface area contributed by atoms with Crippen LogP contribution in [-0.2, 0) is 28.5 Å². The first-order chi connectivity index (χ1) is 30.3. The van der Waals surface area contributed by atoms with Gasteiger partial charge in [0.1, 0.15) is 34.2 Å². The first-order valence-electron chi connectivity index (χ1n) is 22.1. The number of methoxy groups -OCH3 is 1. The predicted molar refractivity (Wildman–Crippen MR) is 239 cm³/mol. The zero-order valence-electron chi connectivity index (χ0n) is 39.3. The SMILES string of the molecule is CO[C@H]1/C=C/O[C@@]2(C)Oc3c(C)c(O)c4c(O)c(c5c(c4c3C2=O)=NC2(CCN(C(=O)OC(C)(C)C)CC2)CN=5)NC(=O)/C(C)=C\C=C\[C@H](C)[C@H](O)[C@@H](C)[C@@H](O)[C@@H](C)[C@H](OC(C)=O)C1C. The third kappa shape index (κ3) is 9.45. The minimum absolute atomic E-state index is 0.0140. The van der Waals surface area contributed by atoms with E-state index in [1.165, 1.54) is 46.3 Å². The summed E-state index contributed by atoms with van der Waals surface area (Å²) in [6, 6.07) is 0. The fraction of sp³-hybridized carbons (Fsp3) is 0.583. The van der Waals surface area contributed by atoms with Crippen molar-refractivity contribution < 1.29 is 63.3 Å². The third-order valence-corrected chi connectivity index (χ3v) is 13.2. The number of carbonyl (C=O) groups excluding carboxylic acids is 4. The van der Waals surface area contributed by atoms with Crippen LogP contribution in [0, 0.1) is 30.6 Å². The van der Waals surface area contributed by atoms with Crippen LogP contribution in [0.5, 0.6) is 17.2 Å². The molecule has 0 saturated carbocycles. The van der Waals surface area contributed by atoms with Crippen LogP contribution in [0.25, 0.3) is 10.8 Å². The molecule has 9 atom stereocenters. The molecular formula is C48H64N4O13. The number of amides is 2. The number of carbonyl (C=O) groups is 4. The minimum atomic E-state index is -2.02. The maximum Gasteiger partial charge on any atom is 0.410 e. The number of aliphatic hydroxyl groups is 2. The van der Waals surface area contributed by atoms with Crippen LogP contribution >= 0.6 is 0 Å². The highest BCUT2D eigenvalue weighted by molar-refractivity contribution is 6.19. The smallest absolute Gasteiger partial charge is 0.410 e. The summed E-state index contributed by atoms with van der Waals surface area (Å²) in [6.45, 7) is 18.8. The van der Waals surface area contributed by atoms with Crippen molar-refractivity contribution in [2.45, 2.75) is 130 Å². The van der Waals surface area contributed by atoms with Crippen molar-refractivity contribution >= 4 is 40.2 Å². The number of piperidine rings is 1. The first-order valence-corrected chi connectivity index (χ1v) is 22.1. The number of hydrogen-bond donors (Lipinski definition) is 5. The van der Waals surface area contributed by atoms with Gasteiger partial charge in [0.2, 0.25) is 0 Å². The molecule has 17 heteroatoms. The summed E-state index contributed by atoms with van der Waals surface area (Å²) < 4.78 is 29.6. The molecule has 0 radical (unpaired) electrons. The Morgan fingerprint density at radius 1 is 0.938 bits per heavy atom. The molecule has 6 rings (SSSR count). The summed E-state index contributed by atoms with van der Waals surface area (Å²) in [4.78, 5) is 66.0. The molecule has 2 aromatic rings. The van der Waals surface area contributed by atoms with Gasteiger partial charge in [0, 0.05) is 74.2 Å². The number of benzene rings is 2. The second-order valence-corrected chi connectivity index (χ2v) is 19.2. The molecule has 17 nitrogen and oxygen atoms in total. The molecule has 4 bridgehead atoms. The van der Waals surface area contributed by atoms with Crippen LogP contribution in [0.2, 0.25) is 0 Å². The standard InChI is InChI=1S/C48H64N4O13/c1-23-14-13-15-24(2)44(59)50-36-35-34(51-48(22-49-35)17-19-52(20-18-48)45(60)65-46(8,9)10)31-32(40(36)57)39(56)28(6)42-33(31)43(58)47(11,64-42)62-21-16-30(61-12)25(3)41(63-29(7)53)27(5)38(55)26(4)37(23)54/h13-16,21,23,25-27,30,37-38,41,54-57H,17-20,22H2,1-12H3,(H,50,59)/b14-13+,21-16+,24-15-/t23-,25?,26+,27+,30-,37-,38+,41+,47-/m0/s1. The molecule has 1 saturated heterocycles. The summed E-state index contributed by atoms with van der Waals surface area (Å²) in [7, 11) is 1.45. The number of rotatable bonds is 2. The number of phenols is 2. The van der Waals surface area contributed by atoms with Gasteiger partial charge >= 0.3 is 17.8 Å². The van der Waals surface area contributed by atoms with Crippen molar-refractivity contribution in [3.8, 4) is 17.2 Å². The van der Waals surface area contributed by atoms with Gasteiger partial charge in [0.05, 0.1) is 53.0 Å². The molecule has 1 unspecified atom stereocenters. The maximum absolute atomic E-state index is 14.8. The monoisotopic (exact) mass is 904 g/mol. The summed E-state index contributed by atoms with van der Waals surface area (Å²) >= 11 is 0. The predicted octanol–water partition coefficient (Wildman–Crippen LogP) is 5.07. The number of ether oxygens (including phenoxy) is 5. The summed E-state index contributed by atoms with van der Waals surface area (Å²) in [6.07, 6.45) is 3.98. The lowest BCUT2D eigenvalue weighted by atomic mass is 9.78. The minimum Gasteiger partial charge on any atom is -0.507 e. The number of allylic oxidation sites excluding steroid dienone is 2. The van der Waals surface area contributed by atoms with Crippen molar-refractivity contribution in [3.63, 3.8) is 0 Å². The number of fused-ring (bicyclic) bond motifs is 1. The van der Waals surface area contributed by atoms with Crippen molar-refractivity contribution in [2.75, 3.05) is 32.1 Å². The Morgan fingerprint density at radius 3 is 2.22 bits per heavy atom. The average molecular weight is 905 g/mol. The zero-order chi connectivity index (χ0) is 48.1. The normalized spacial score (nSPS) is 31.4.